The molecular formula is C13H24N2O3. The first-order valence-corrected chi connectivity index (χ1v) is 6.65. The van der Waals surface area contributed by atoms with Gasteiger partial charge in [0, 0.05) is 26.1 Å². The molecule has 0 radical (unpaired) electrons. The lowest BCUT2D eigenvalue weighted by molar-refractivity contribution is -0.137. The van der Waals surface area contributed by atoms with Crippen molar-refractivity contribution in [1.29, 1.82) is 0 Å². The Kier molecular flexibility index (Phi) is 5.44. The molecule has 0 aliphatic carbocycles. The number of carbonyl (C=O) groups excluding carboxylic acids is 1. The van der Waals surface area contributed by atoms with E-state index in [1.54, 1.807) is 0 Å². The first kappa shape index (κ1) is 14.8. The number of hydrogen-bond acceptors (Lipinski definition) is 2. The molecule has 0 aromatic heterocycles. The molecule has 1 aliphatic rings. The van der Waals surface area contributed by atoms with Crippen LogP contribution in [0.4, 0.5) is 4.79 Å². The van der Waals surface area contributed by atoms with Gasteiger partial charge in [0.05, 0.1) is 0 Å². The summed E-state index contributed by atoms with van der Waals surface area (Å²) in [6.45, 7) is 6.40. The SMILES string of the molecule is CC(C)(CCNC(=O)N1CCCC1)CCC(=O)O. The molecule has 2 amide bonds. The fraction of sp³-hybridized carbons (Fsp3) is 0.846. The number of carboxylic acid groups (broad SMARTS) is 1. The van der Waals surface area contributed by atoms with Gasteiger partial charge in [0.25, 0.3) is 0 Å². The van der Waals surface area contributed by atoms with Gasteiger partial charge in [-0.05, 0) is 31.1 Å². The lowest BCUT2D eigenvalue weighted by atomic mass is 9.84. The first-order chi connectivity index (χ1) is 8.41. The van der Waals surface area contributed by atoms with E-state index in [-0.39, 0.29) is 17.9 Å². The van der Waals surface area contributed by atoms with Crippen LogP contribution in [0.15, 0.2) is 0 Å². The monoisotopic (exact) mass is 256 g/mol. The van der Waals surface area contributed by atoms with Gasteiger partial charge >= 0.3 is 12.0 Å². The molecule has 1 fully saturated rings. The Bertz CT molecular complexity index is 297. The molecule has 1 heterocycles. The molecule has 0 atom stereocenters. The van der Waals surface area contributed by atoms with E-state index in [9.17, 15) is 9.59 Å². The lowest BCUT2D eigenvalue weighted by Crippen LogP contribution is -2.39. The molecule has 0 spiro atoms. The number of carbonyl (C=O) groups is 2. The third-order valence-electron chi connectivity index (χ3n) is 3.49. The third-order valence-corrected chi connectivity index (χ3v) is 3.49. The van der Waals surface area contributed by atoms with Gasteiger partial charge in [-0.2, -0.15) is 0 Å². The number of carboxylic acids is 1. The van der Waals surface area contributed by atoms with Crippen LogP contribution in [0.2, 0.25) is 0 Å². The Morgan fingerprint density at radius 2 is 1.83 bits per heavy atom. The highest BCUT2D eigenvalue weighted by Gasteiger charge is 2.21. The molecule has 0 saturated carbocycles. The van der Waals surface area contributed by atoms with Gasteiger partial charge in [-0.25, -0.2) is 4.79 Å². The van der Waals surface area contributed by atoms with E-state index in [1.807, 2.05) is 18.7 Å². The molecule has 5 nitrogen and oxygen atoms in total. The summed E-state index contributed by atoms with van der Waals surface area (Å²) < 4.78 is 0. The molecule has 1 aliphatic heterocycles. The maximum absolute atomic E-state index is 11.7. The molecule has 0 aromatic rings. The van der Waals surface area contributed by atoms with E-state index in [0.717, 1.165) is 32.4 Å². The molecule has 18 heavy (non-hydrogen) atoms. The summed E-state index contributed by atoms with van der Waals surface area (Å²) in [5, 5.41) is 11.6. The van der Waals surface area contributed by atoms with Crippen LogP contribution in [0.3, 0.4) is 0 Å². The zero-order valence-corrected chi connectivity index (χ0v) is 11.4. The quantitative estimate of drug-likeness (QED) is 0.764. The van der Waals surface area contributed by atoms with Crippen molar-refractivity contribution in [1.82, 2.24) is 10.2 Å². The van der Waals surface area contributed by atoms with Crippen LogP contribution in [0.5, 0.6) is 0 Å². The number of likely N-dealkylation sites (tertiary alicyclic amines) is 1. The Hall–Kier alpha value is -1.26. The van der Waals surface area contributed by atoms with Gasteiger partial charge in [-0.15, -0.1) is 0 Å². The van der Waals surface area contributed by atoms with Crippen LogP contribution in [-0.2, 0) is 4.79 Å². The average Bonchev–Trinajstić information content (AvgIpc) is 2.79. The summed E-state index contributed by atoms with van der Waals surface area (Å²) in [5.74, 6) is -0.760. The maximum Gasteiger partial charge on any atom is 0.317 e. The fourth-order valence-corrected chi connectivity index (χ4v) is 2.11. The van der Waals surface area contributed by atoms with Crippen molar-refractivity contribution in [2.75, 3.05) is 19.6 Å². The standard InChI is InChI=1S/C13H24N2O3/c1-13(2,6-5-11(16)17)7-8-14-12(18)15-9-3-4-10-15/h3-10H2,1-2H3,(H,14,18)(H,16,17). The van der Waals surface area contributed by atoms with Gasteiger partial charge in [0.1, 0.15) is 0 Å². The van der Waals surface area contributed by atoms with Crippen molar-refractivity contribution in [2.24, 2.45) is 5.41 Å². The zero-order chi connectivity index (χ0) is 13.6. The van der Waals surface area contributed by atoms with Crippen LogP contribution in [-0.4, -0.2) is 41.6 Å². The fourth-order valence-electron chi connectivity index (χ4n) is 2.11. The number of hydrogen-bond donors (Lipinski definition) is 2. The number of amides is 2. The van der Waals surface area contributed by atoms with Crippen molar-refractivity contribution < 1.29 is 14.7 Å². The predicted octanol–water partition coefficient (Wildman–Crippen LogP) is 2.07. The van der Waals surface area contributed by atoms with E-state index in [0.29, 0.717) is 13.0 Å². The second kappa shape index (κ2) is 6.61. The van der Waals surface area contributed by atoms with Crippen LogP contribution < -0.4 is 5.32 Å². The highest BCUT2D eigenvalue weighted by molar-refractivity contribution is 5.74. The molecule has 5 heteroatoms. The van der Waals surface area contributed by atoms with Crippen molar-refractivity contribution in [3.8, 4) is 0 Å². The number of nitrogens with zero attached hydrogens (tertiary/aromatic N) is 1. The first-order valence-electron chi connectivity index (χ1n) is 6.65. The Morgan fingerprint density at radius 3 is 2.39 bits per heavy atom. The molecule has 1 rings (SSSR count). The minimum atomic E-state index is -0.760. The second-order valence-electron chi connectivity index (χ2n) is 5.73. The van der Waals surface area contributed by atoms with E-state index < -0.39 is 5.97 Å². The van der Waals surface area contributed by atoms with Crippen molar-refractivity contribution in [3.05, 3.63) is 0 Å². The molecule has 1 saturated heterocycles. The predicted molar refractivity (Wildman–Crippen MR) is 69.5 cm³/mol. The number of urea groups is 1. The molecule has 2 N–H and O–H groups in total. The number of nitrogens with one attached hydrogen (secondary N) is 1. The van der Waals surface area contributed by atoms with Gasteiger partial charge in [-0.3, -0.25) is 4.79 Å². The van der Waals surface area contributed by atoms with Gasteiger partial charge < -0.3 is 15.3 Å². The molecule has 0 aromatic carbocycles. The molecule has 104 valence electrons. The minimum absolute atomic E-state index is 0.0153. The maximum atomic E-state index is 11.7. The van der Waals surface area contributed by atoms with Crippen LogP contribution in [0, 0.1) is 5.41 Å². The summed E-state index contributed by atoms with van der Waals surface area (Å²) >= 11 is 0. The smallest absolute Gasteiger partial charge is 0.317 e. The van der Waals surface area contributed by atoms with E-state index in [1.165, 1.54) is 0 Å². The highest BCUT2D eigenvalue weighted by atomic mass is 16.4. The molecule has 0 bridgehead atoms. The van der Waals surface area contributed by atoms with Crippen LogP contribution >= 0.6 is 0 Å². The largest absolute Gasteiger partial charge is 0.481 e. The normalized spacial score (nSPS) is 15.8. The third kappa shape index (κ3) is 5.38. The van der Waals surface area contributed by atoms with Crippen molar-refractivity contribution in [3.63, 3.8) is 0 Å². The Morgan fingerprint density at radius 1 is 1.22 bits per heavy atom. The van der Waals surface area contributed by atoms with Gasteiger partial charge in [-0.1, -0.05) is 13.8 Å². The van der Waals surface area contributed by atoms with E-state index >= 15 is 0 Å². The minimum Gasteiger partial charge on any atom is -0.481 e. The van der Waals surface area contributed by atoms with Crippen molar-refractivity contribution >= 4 is 12.0 Å². The lowest BCUT2D eigenvalue weighted by Gasteiger charge is -2.24. The summed E-state index contributed by atoms with van der Waals surface area (Å²) in [4.78, 5) is 24.1. The second-order valence-corrected chi connectivity index (χ2v) is 5.73. The molecule has 0 unspecified atom stereocenters. The highest BCUT2D eigenvalue weighted by Crippen LogP contribution is 2.26. The Labute approximate surface area is 109 Å². The summed E-state index contributed by atoms with van der Waals surface area (Å²) in [6.07, 6.45) is 3.82. The van der Waals surface area contributed by atoms with Crippen molar-refractivity contribution in [2.45, 2.75) is 46.0 Å². The average molecular weight is 256 g/mol. The van der Waals surface area contributed by atoms with Crippen LogP contribution in [0.1, 0.15) is 46.0 Å². The van der Waals surface area contributed by atoms with Crippen LogP contribution in [0.25, 0.3) is 0 Å². The molecular weight excluding hydrogens is 232 g/mol. The number of aliphatic carboxylic acids is 1. The summed E-state index contributed by atoms with van der Waals surface area (Å²) in [6, 6.07) is 0.0153. The summed E-state index contributed by atoms with van der Waals surface area (Å²) in [7, 11) is 0. The van der Waals surface area contributed by atoms with E-state index in [4.69, 9.17) is 5.11 Å². The van der Waals surface area contributed by atoms with E-state index in [2.05, 4.69) is 5.32 Å². The summed E-state index contributed by atoms with van der Waals surface area (Å²) in [5.41, 5.74) is -0.0450. The number of rotatable bonds is 6. The zero-order valence-electron chi connectivity index (χ0n) is 11.4. The Balaban J connectivity index is 2.19. The van der Waals surface area contributed by atoms with Gasteiger partial charge in [0.15, 0.2) is 0 Å². The van der Waals surface area contributed by atoms with Gasteiger partial charge in [0.2, 0.25) is 0 Å². The topological polar surface area (TPSA) is 69.6 Å².